The number of amides is 1. The van der Waals surface area contributed by atoms with E-state index in [1.54, 1.807) is 24.3 Å². The number of piperidine rings is 1. The molecular formula is C34H41N5O5S. The molecule has 1 fully saturated rings. The zero-order valence-electron chi connectivity index (χ0n) is 25.4. The van der Waals surface area contributed by atoms with Gasteiger partial charge < -0.3 is 36.6 Å². The van der Waals surface area contributed by atoms with Crippen LogP contribution in [0.3, 0.4) is 0 Å². The largest absolute Gasteiger partial charge is 0.477 e. The van der Waals surface area contributed by atoms with Crippen LogP contribution < -0.4 is 21.3 Å². The number of aromatic nitrogens is 1. The molecule has 5 rings (SSSR count). The van der Waals surface area contributed by atoms with E-state index < -0.39 is 18.1 Å². The number of benzene rings is 2. The van der Waals surface area contributed by atoms with Crippen LogP contribution in [-0.4, -0.2) is 70.5 Å². The molecule has 7 N–H and O–H groups in total. The van der Waals surface area contributed by atoms with Crippen LogP contribution in [0.2, 0.25) is 0 Å². The second kappa shape index (κ2) is 14.8. The zero-order valence-corrected chi connectivity index (χ0v) is 26.2. The van der Waals surface area contributed by atoms with Crippen LogP contribution in [-0.2, 0) is 12.8 Å². The minimum atomic E-state index is -1.03. The van der Waals surface area contributed by atoms with Crippen LogP contribution in [0.25, 0.3) is 10.2 Å². The predicted octanol–water partition coefficient (Wildman–Crippen LogP) is 4.15. The molecule has 10 nitrogen and oxygen atoms in total. The van der Waals surface area contributed by atoms with Gasteiger partial charge in [-0.05, 0) is 60.6 Å². The fourth-order valence-corrected chi connectivity index (χ4v) is 6.84. The standard InChI is InChI=1S/C34H41N5O5S/c1-2-6-24-18-28(38-33-29(24)30(35)31(45-33)34(43)44)39-15-13-25(14-16-39)36-19-27(41)22-9-11-23(12-10-22)32(42)37-26(20-40)17-21-7-4-3-5-8-21/h3-5,7-12,18,25-27,36,40-41H,2,6,13-17,19-20,35H2,1H3,(H,37,42)(H,43,44)/t26-,27?/m0/s1. The summed E-state index contributed by atoms with van der Waals surface area (Å²) < 4.78 is 0. The number of carbonyl (C=O) groups is 2. The van der Waals surface area contributed by atoms with Crippen molar-refractivity contribution in [3.05, 3.63) is 87.8 Å². The van der Waals surface area contributed by atoms with Gasteiger partial charge in [-0.2, -0.15) is 0 Å². The van der Waals surface area contributed by atoms with E-state index in [4.69, 9.17) is 10.7 Å². The van der Waals surface area contributed by atoms with Crippen molar-refractivity contribution in [1.29, 1.82) is 0 Å². The van der Waals surface area contributed by atoms with Gasteiger partial charge in [-0.1, -0.05) is 55.8 Å². The monoisotopic (exact) mass is 631 g/mol. The van der Waals surface area contributed by atoms with E-state index in [2.05, 4.69) is 28.5 Å². The van der Waals surface area contributed by atoms with Crippen LogP contribution in [0.4, 0.5) is 11.5 Å². The molecule has 0 aliphatic carbocycles. The van der Waals surface area contributed by atoms with Crippen LogP contribution in [0.1, 0.15) is 69.0 Å². The number of nitrogens with zero attached hydrogens (tertiary/aromatic N) is 2. The van der Waals surface area contributed by atoms with Crippen molar-refractivity contribution in [3.63, 3.8) is 0 Å². The van der Waals surface area contributed by atoms with Crippen molar-refractivity contribution in [2.75, 3.05) is 36.9 Å². The second-order valence-electron chi connectivity index (χ2n) is 11.6. The number of nitrogens with two attached hydrogens (primary N) is 1. The number of rotatable bonds is 13. The van der Waals surface area contributed by atoms with Crippen molar-refractivity contribution in [3.8, 4) is 0 Å². The number of carboxylic acids is 1. The van der Waals surface area contributed by atoms with E-state index >= 15 is 0 Å². The van der Waals surface area contributed by atoms with Crippen molar-refractivity contribution >= 4 is 44.9 Å². The van der Waals surface area contributed by atoms with Crippen molar-refractivity contribution in [2.45, 2.75) is 57.2 Å². The molecule has 1 unspecified atom stereocenters. The highest BCUT2D eigenvalue weighted by Crippen LogP contribution is 2.37. The van der Waals surface area contributed by atoms with Gasteiger partial charge in [-0.3, -0.25) is 4.79 Å². The maximum Gasteiger partial charge on any atom is 0.348 e. The summed E-state index contributed by atoms with van der Waals surface area (Å²) >= 11 is 1.13. The molecule has 2 aromatic heterocycles. The van der Waals surface area contributed by atoms with Gasteiger partial charge in [0.2, 0.25) is 0 Å². The molecule has 0 saturated carbocycles. The van der Waals surface area contributed by atoms with Crippen molar-refractivity contribution < 1.29 is 24.9 Å². The van der Waals surface area contributed by atoms with Gasteiger partial charge in [-0.15, -0.1) is 11.3 Å². The molecule has 4 aromatic rings. The Kier molecular flexibility index (Phi) is 10.7. The van der Waals surface area contributed by atoms with E-state index in [0.717, 1.165) is 78.0 Å². The van der Waals surface area contributed by atoms with Crippen molar-refractivity contribution in [1.82, 2.24) is 15.6 Å². The number of pyridine rings is 1. The van der Waals surface area contributed by atoms with E-state index in [0.29, 0.717) is 29.0 Å². The van der Waals surface area contributed by atoms with E-state index in [1.165, 1.54) is 0 Å². The molecular weight excluding hydrogens is 590 g/mol. The molecule has 3 heterocycles. The molecule has 1 aliphatic heterocycles. The number of aromatic carboxylic acids is 1. The number of fused-ring (bicyclic) bond motifs is 1. The summed E-state index contributed by atoms with van der Waals surface area (Å²) in [6, 6.07) is 18.5. The summed E-state index contributed by atoms with van der Waals surface area (Å²) in [5, 5.41) is 37.3. The first-order valence-electron chi connectivity index (χ1n) is 15.4. The lowest BCUT2D eigenvalue weighted by Crippen LogP contribution is -2.44. The molecule has 0 radical (unpaired) electrons. The lowest BCUT2D eigenvalue weighted by Gasteiger charge is -2.34. The Morgan fingerprint density at radius 2 is 1.82 bits per heavy atom. The molecule has 11 heteroatoms. The molecule has 1 saturated heterocycles. The number of nitrogen functional groups attached to an aromatic ring is 1. The summed E-state index contributed by atoms with van der Waals surface area (Å²) in [5.74, 6) is -0.450. The summed E-state index contributed by atoms with van der Waals surface area (Å²) in [7, 11) is 0. The van der Waals surface area contributed by atoms with E-state index in [1.807, 2.05) is 30.3 Å². The maximum absolute atomic E-state index is 12.8. The Bertz CT molecular complexity index is 1600. The Morgan fingerprint density at radius 1 is 1.11 bits per heavy atom. The number of aliphatic hydroxyl groups excluding tert-OH is 2. The number of thiophene rings is 1. The van der Waals surface area contributed by atoms with Gasteiger partial charge >= 0.3 is 5.97 Å². The van der Waals surface area contributed by atoms with Crippen LogP contribution in [0, 0.1) is 0 Å². The Morgan fingerprint density at radius 3 is 2.47 bits per heavy atom. The number of carboxylic acid groups (broad SMARTS) is 1. The third-order valence-electron chi connectivity index (χ3n) is 8.34. The Labute approximate surface area is 266 Å². The first-order chi connectivity index (χ1) is 21.8. The molecule has 238 valence electrons. The first kappa shape index (κ1) is 32.4. The quantitative estimate of drug-likeness (QED) is 0.127. The first-order valence-corrected chi connectivity index (χ1v) is 16.3. The topological polar surface area (TPSA) is 161 Å². The fourth-order valence-electron chi connectivity index (χ4n) is 5.87. The smallest absolute Gasteiger partial charge is 0.348 e. The van der Waals surface area contributed by atoms with Gasteiger partial charge in [0.25, 0.3) is 5.91 Å². The minimum Gasteiger partial charge on any atom is -0.477 e. The number of carbonyl (C=O) groups excluding carboxylic acids is 1. The van der Waals surface area contributed by atoms with Gasteiger partial charge in [-0.25, -0.2) is 9.78 Å². The third-order valence-corrected chi connectivity index (χ3v) is 9.43. The SMILES string of the molecule is CCCc1cc(N2CCC(NCC(O)c3ccc(C(=O)N[C@H](CO)Cc4ccccc4)cc3)CC2)nc2sc(C(=O)O)c(N)c12. The number of aryl methyl sites for hydroxylation is 1. The average molecular weight is 632 g/mol. The number of hydrogen-bond acceptors (Lipinski definition) is 9. The highest BCUT2D eigenvalue weighted by Gasteiger charge is 2.24. The molecule has 2 aromatic carbocycles. The molecule has 45 heavy (non-hydrogen) atoms. The molecule has 1 aliphatic rings. The highest BCUT2D eigenvalue weighted by molar-refractivity contribution is 7.21. The van der Waals surface area contributed by atoms with Crippen molar-refractivity contribution in [2.24, 2.45) is 0 Å². The van der Waals surface area contributed by atoms with E-state index in [-0.39, 0.29) is 23.4 Å². The summed E-state index contributed by atoms with van der Waals surface area (Å²) in [6.07, 6.45) is 3.27. The number of aliphatic hydroxyl groups is 2. The molecule has 2 atom stereocenters. The van der Waals surface area contributed by atoms with E-state index in [9.17, 15) is 24.9 Å². The predicted molar refractivity (Wildman–Crippen MR) is 178 cm³/mol. The minimum absolute atomic E-state index is 0.139. The average Bonchev–Trinajstić information content (AvgIpc) is 3.40. The normalized spacial score (nSPS) is 15.2. The second-order valence-corrected chi connectivity index (χ2v) is 12.6. The Balaban J connectivity index is 1.12. The zero-order chi connectivity index (χ0) is 31.9. The molecule has 0 spiro atoms. The molecule has 1 amide bonds. The van der Waals surface area contributed by atoms with Crippen LogP contribution in [0.5, 0.6) is 0 Å². The number of hydrogen-bond donors (Lipinski definition) is 6. The lowest BCUT2D eigenvalue weighted by atomic mass is 10.0. The lowest BCUT2D eigenvalue weighted by molar-refractivity contribution is 0.0703. The Hall–Kier alpha value is -4.03. The number of nitrogens with one attached hydrogen (secondary N) is 2. The highest BCUT2D eigenvalue weighted by atomic mass is 32.1. The third kappa shape index (κ3) is 7.80. The van der Waals surface area contributed by atoms with Gasteiger partial charge in [0, 0.05) is 36.6 Å². The van der Waals surface area contributed by atoms with Crippen LogP contribution >= 0.6 is 11.3 Å². The van der Waals surface area contributed by atoms with Gasteiger partial charge in [0.1, 0.15) is 15.5 Å². The summed E-state index contributed by atoms with van der Waals surface area (Å²) in [4.78, 5) is 32.3. The van der Waals surface area contributed by atoms with Crippen LogP contribution in [0.15, 0.2) is 60.7 Å². The summed E-state index contributed by atoms with van der Waals surface area (Å²) in [5.41, 5.74) is 9.77. The fraction of sp³-hybridized carbons (Fsp3) is 0.382. The molecule has 0 bridgehead atoms. The number of anilines is 2. The van der Waals surface area contributed by atoms with Gasteiger partial charge in [0.05, 0.1) is 24.4 Å². The maximum atomic E-state index is 12.8. The van der Waals surface area contributed by atoms with Gasteiger partial charge in [0.15, 0.2) is 0 Å². The summed E-state index contributed by atoms with van der Waals surface area (Å²) in [6.45, 7) is 3.88.